The summed E-state index contributed by atoms with van der Waals surface area (Å²) >= 11 is 0. The highest BCUT2D eigenvalue weighted by Gasteiger charge is 2.65. The molecule has 1 aromatic heterocycles. The monoisotopic (exact) mass is 449 g/mol. The second-order valence-electron chi connectivity index (χ2n) is 11.4. The largest absolute Gasteiger partial charge is 0.508 e. The minimum absolute atomic E-state index is 0.128. The van der Waals surface area contributed by atoms with E-state index in [0.29, 0.717) is 18.2 Å². The fourth-order valence-corrected chi connectivity index (χ4v) is 7.70. The van der Waals surface area contributed by atoms with Gasteiger partial charge in [-0.15, -0.1) is 0 Å². The Bertz CT molecular complexity index is 1100. The predicted octanol–water partition coefficient (Wildman–Crippen LogP) is 3.06. The van der Waals surface area contributed by atoms with E-state index in [0.717, 1.165) is 70.0 Å². The summed E-state index contributed by atoms with van der Waals surface area (Å²) in [7, 11) is 0. The molecular weight excluding hydrogens is 414 g/mol. The Kier molecular flexibility index (Phi) is 4.38. The van der Waals surface area contributed by atoms with Crippen molar-refractivity contribution in [1.29, 1.82) is 0 Å². The third-order valence-corrected chi connectivity index (χ3v) is 9.63. The lowest BCUT2D eigenvalue weighted by Crippen LogP contribution is -2.74. The molecule has 2 aliphatic heterocycles. The summed E-state index contributed by atoms with van der Waals surface area (Å²) in [4.78, 5) is 2.61. The average molecular weight is 450 g/mol. The maximum Gasteiger partial charge on any atom is 0.115 e. The van der Waals surface area contributed by atoms with Crippen molar-refractivity contribution in [2.75, 3.05) is 26.3 Å². The molecule has 6 nitrogen and oxygen atoms in total. The molecular formula is C27H35N3O3. The van der Waals surface area contributed by atoms with Crippen molar-refractivity contribution < 1.29 is 14.9 Å². The number of aromatic nitrogens is 2. The van der Waals surface area contributed by atoms with Crippen LogP contribution in [0.2, 0.25) is 0 Å². The number of rotatable bonds is 3. The van der Waals surface area contributed by atoms with Gasteiger partial charge in [0.1, 0.15) is 5.75 Å². The second kappa shape index (κ2) is 7.06. The van der Waals surface area contributed by atoms with Gasteiger partial charge in [0.25, 0.3) is 0 Å². The van der Waals surface area contributed by atoms with Crippen LogP contribution in [0.15, 0.2) is 18.2 Å². The summed E-state index contributed by atoms with van der Waals surface area (Å²) in [5.41, 5.74) is 4.94. The van der Waals surface area contributed by atoms with E-state index in [4.69, 9.17) is 9.84 Å². The number of aryl methyl sites for hydroxylation is 1. The number of phenolic OH excluding ortho intramolecular Hbond substituents is 1. The Morgan fingerprint density at radius 2 is 1.97 bits per heavy atom. The molecule has 3 heterocycles. The van der Waals surface area contributed by atoms with Crippen molar-refractivity contribution in [3.63, 3.8) is 0 Å². The number of nitrogens with zero attached hydrogens (tertiary/aromatic N) is 3. The summed E-state index contributed by atoms with van der Waals surface area (Å²) in [6, 6.07) is 6.39. The minimum Gasteiger partial charge on any atom is -0.508 e. The van der Waals surface area contributed by atoms with Crippen LogP contribution in [0.4, 0.5) is 0 Å². The van der Waals surface area contributed by atoms with Gasteiger partial charge in [-0.1, -0.05) is 6.07 Å². The third-order valence-electron chi connectivity index (χ3n) is 9.63. The van der Waals surface area contributed by atoms with Crippen LogP contribution in [0.1, 0.15) is 66.2 Å². The molecule has 176 valence electrons. The Morgan fingerprint density at radius 1 is 1.15 bits per heavy atom. The zero-order valence-electron chi connectivity index (χ0n) is 19.6. The number of hydrogen-bond donors (Lipinski definition) is 2. The van der Waals surface area contributed by atoms with Gasteiger partial charge in [0.05, 0.1) is 17.3 Å². The van der Waals surface area contributed by atoms with Gasteiger partial charge in [-0.05, 0) is 86.7 Å². The van der Waals surface area contributed by atoms with Gasteiger partial charge < -0.3 is 14.9 Å². The molecule has 0 amide bonds. The molecule has 3 atom stereocenters. The highest BCUT2D eigenvalue weighted by Crippen LogP contribution is 2.58. The summed E-state index contributed by atoms with van der Waals surface area (Å²) in [6.45, 7) is 5.85. The van der Waals surface area contributed by atoms with Crippen molar-refractivity contribution in [3.05, 3.63) is 46.3 Å². The topological polar surface area (TPSA) is 70.8 Å². The lowest BCUT2D eigenvalue weighted by molar-refractivity contribution is -0.152. The van der Waals surface area contributed by atoms with E-state index in [-0.39, 0.29) is 11.5 Å². The van der Waals surface area contributed by atoms with Gasteiger partial charge in [0, 0.05) is 49.8 Å². The SMILES string of the molecule is Cc1nn(C2CCOCC2)c2c1C[C@@]1(O)[C@H]3Cc4ccc(O)cc4[C@@]1(CCN3CC1CC1)C2. The van der Waals surface area contributed by atoms with Crippen molar-refractivity contribution in [1.82, 2.24) is 14.7 Å². The molecule has 2 saturated heterocycles. The fourth-order valence-electron chi connectivity index (χ4n) is 7.70. The maximum atomic E-state index is 12.7. The Morgan fingerprint density at radius 3 is 2.76 bits per heavy atom. The van der Waals surface area contributed by atoms with Gasteiger partial charge in [-0.2, -0.15) is 5.10 Å². The first-order valence-electron chi connectivity index (χ1n) is 12.9. The first kappa shape index (κ1) is 20.5. The lowest BCUT2D eigenvalue weighted by atomic mass is 9.49. The van der Waals surface area contributed by atoms with E-state index < -0.39 is 5.60 Å². The predicted molar refractivity (Wildman–Crippen MR) is 125 cm³/mol. The van der Waals surface area contributed by atoms with Crippen LogP contribution in [-0.4, -0.2) is 62.8 Å². The van der Waals surface area contributed by atoms with E-state index in [1.807, 2.05) is 12.1 Å². The van der Waals surface area contributed by atoms with E-state index in [2.05, 4.69) is 22.6 Å². The zero-order chi connectivity index (χ0) is 22.4. The first-order valence-corrected chi connectivity index (χ1v) is 12.9. The number of likely N-dealkylation sites (tertiary alicyclic amines) is 1. The van der Waals surface area contributed by atoms with Crippen LogP contribution < -0.4 is 0 Å². The molecule has 2 bridgehead atoms. The van der Waals surface area contributed by atoms with Crippen LogP contribution in [0, 0.1) is 12.8 Å². The van der Waals surface area contributed by atoms with Gasteiger partial charge in [-0.25, -0.2) is 0 Å². The van der Waals surface area contributed by atoms with E-state index in [1.54, 1.807) is 0 Å². The number of phenols is 1. The molecule has 5 aliphatic rings. The number of aliphatic hydroxyl groups is 1. The first-order chi connectivity index (χ1) is 16.0. The molecule has 2 N–H and O–H groups in total. The van der Waals surface area contributed by atoms with Crippen molar-refractivity contribution in [2.24, 2.45) is 5.92 Å². The smallest absolute Gasteiger partial charge is 0.115 e. The van der Waals surface area contributed by atoms with Crippen LogP contribution in [0.3, 0.4) is 0 Å². The quantitative estimate of drug-likeness (QED) is 0.754. The van der Waals surface area contributed by atoms with Gasteiger partial charge in [0.15, 0.2) is 0 Å². The van der Waals surface area contributed by atoms with Gasteiger partial charge >= 0.3 is 0 Å². The number of hydrogen-bond acceptors (Lipinski definition) is 5. The van der Waals surface area contributed by atoms with Crippen LogP contribution in [-0.2, 0) is 29.4 Å². The normalized spacial score (nSPS) is 33.9. The van der Waals surface area contributed by atoms with Crippen LogP contribution in [0.5, 0.6) is 5.75 Å². The van der Waals surface area contributed by atoms with Gasteiger partial charge in [-0.3, -0.25) is 9.58 Å². The number of benzene rings is 1. The molecule has 1 saturated carbocycles. The summed E-state index contributed by atoms with van der Waals surface area (Å²) < 4.78 is 7.93. The fraction of sp³-hybridized carbons (Fsp3) is 0.667. The molecule has 7 rings (SSSR count). The van der Waals surface area contributed by atoms with E-state index >= 15 is 0 Å². The molecule has 0 spiro atoms. The lowest BCUT2D eigenvalue weighted by Gasteiger charge is -2.63. The Hall–Kier alpha value is -1.89. The molecule has 1 aromatic carbocycles. The summed E-state index contributed by atoms with van der Waals surface area (Å²) in [5, 5.41) is 28.2. The highest BCUT2D eigenvalue weighted by molar-refractivity contribution is 5.52. The number of ether oxygens (including phenoxy) is 1. The molecule has 0 radical (unpaired) electrons. The standard InChI is InChI=1S/C27H35N3O3/c1-17-22-14-27(32)25-12-19-4-5-21(31)13-23(19)26(27,8-9-29(25)16-18-2-3-18)15-24(22)30(28-17)20-6-10-33-11-7-20/h4-5,13,18,20,25,31-32H,2-3,6-12,14-16H2,1H3/t25-,26-,27-/m1/s1. The van der Waals surface area contributed by atoms with Crippen LogP contribution >= 0.6 is 0 Å². The Balaban J connectivity index is 1.39. The van der Waals surface area contributed by atoms with Crippen LogP contribution in [0.25, 0.3) is 0 Å². The summed E-state index contributed by atoms with van der Waals surface area (Å²) in [5.74, 6) is 1.11. The minimum atomic E-state index is -0.831. The second-order valence-corrected chi connectivity index (χ2v) is 11.4. The number of fused-ring (bicyclic) bond motifs is 2. The molecule has 2 aromatic rings. The number of aromatic hydroxyl groups is 1. The average Bonchev–Trinajstić information content (AvgIpc) is 3.58. The molecule has 3 aliphatic carbocycles. The Labute approximate surface area is 195 Å². The number of piperidine rings is 1. The molecule has 0 unspecified atom stereocenters. The molecule has 6 heteroatoms. The molecule has 3 fully saturated rings. The van der Waals surface area contributed by atoms with E-state index in [9.17, 15) is 10.2 Å². The zero-order valence-corrected chi connectivity index (χ0v) is 19.6. The van der Waals surface area contributed by atoms with Gasteiger partial charge in [0.2, 0.25) is 0 Å². The van der Waals surface area contributed by atoms with Crippen molar-refractivity contribution >= 4 is 0 Å². The maximum absolute atomic E-state index is 12.7. The van der Waals surface area contributed by atoms with E-state index in [1.165, 1.54) is 35.2 Å². The van der Waals surface area contributed by atoms with Crippen molar-refractivity contribution in [2.45, 2.75) is 81.4 Å². The summed E-state index contributed by atoms with van der Waals surface area (Å²) in [6.07, 6.45) is 7.93. The third kappa shape index (κ3) is 2.87. The highest BCUT2D eigenvalue weighted by atomic mass is 16.5. The van der Waals surface area contributed by atoms with Crippen molar-refractivity contribution in [3.8, 4) is 5.75 Å². The molecule has 33 heavy (non-hydrogen) atoms.